The Bertz CT molecular complexity index is 77.0. The average molecular weight is 154 g/mol. The number of aliphatic hydroxyl groups is 4. The van der Waals surface area contributed by atoms with Gasteiger partial charge < -0.3 is 20.4 Å². The van der Waals surface area contributed by atoms with Crippen LogP contribution in [0, 0.1) is 0 Å². The van der Waals surface area contributed by atoms with Gasteiger partial charge in [0.15, 0.2) is 0 Å². The summed E-state index contributed by atoms with van der Waals surface area (Å²) in [7, 11) is 0. The summed E-state index contributed by atoms with van der Waals surface area (Å²) in [6.07, 6.45) is -2.71. The molecule has 0 saturated heterocycles. The molecular weight excluding hydrogens is 144 g/mol. The molecule has 0 rings (SSSR count). The topological polar surface area (TPSA) is 80.9 Å². The van der Waals surface area contributed by atoms with Gasteiger partial charge in [0.05, 0.1) is 6.61 Å². The minimum Gasteiger partial charge on any atom is -0.394 e. The molecule has 0 spiro atoms. The zero-order valence-corrected chi connectivity index (χ0v) is 5.57. The van der Waals surface area contributed by atoms with Crippen molar-refractivity contribution in [1.29, 1.82) is 0 Å². The first kappa shape index (κ1) is 9.19. The smallest absolute Gasteiger partial charge is 0.125 e. The van der Waals surface area contributed by atoms with Crippen molar-refractivity contribution in [2.75, 3.05) is 6.61 Å². The highest BCUT2D eigenvalue weighted by Crippen LogP contribution is 2.01. The first-order chi connectivity index (χ1) is 4.09. The minimum atomic E-state index is -1.39. The molecule has 0 heterocycles. The van der Waals surface area contributed by atoms with E-state index >= 15 is 0 Å². The third kappa shape index (κ3) is 3.02. The fourth-order valence-electron chi connectivity index (χ4n) is 0.307. The van der Waals surface area contributed by atoms with E-state index in [1.165, 1.54) is 0 Å². The van der Waals surface area contributed by atoms with E-state index in [-0.39, 0.29) is 0 Å². The van der Waals surface area contributed by atoms with Gasteiger partial charge in [-0.05, 0) is 0 Å². The summed E-state index contributed by atoms with van der Waals surface area (Å²) in [6, 6.07) is 0. The van der Waals surface area contributed by atoms with Crippen LogP contribution >= 0.6 is 12.6 Å². The van der Waals surface area contributed by atoms with E-state index in [1.807, 2.05) is 0 Å². The van der Waals surface area contributed by atoms with Gasteiger partial charge >= 0.3 is 0 Å². The van der Waals surface area contributed by atoms with E-state index in [0.29, 0.717) is 0 Å². The molecule has 0 aromatic heterocycles. The largest absolute Gasteiger partial charge is 0.394 e. The van der Waals surface area contributed by atoms with Crippen LogP contribution in [0.5, 0.6) is 0 Å². The fraction of sp³-hybridized carbons (Fsp3) is 1.00. The van der Waals surface area contributed by atoms with Crippen molar-refractivity contribution in [2.45, 2.75) is 17.6 Å². The quantitative estimate of drug-likeness (QED) is 0.239. The fourth-order valence-corrected chi connectivity index (χ4v) is 0.505. The van der Waals surface area contributed by atoms with Gasteiger partial charge in [-0.25, -0.2) is 0 Å². The molecule has 0 aliphatic rings. The van der Waals surface area contributed by atoms with E-state index in [0.717, 1.165) is 0 Å². The van der Waals surface area contributed by atoms with Crippen LogP contribution in [0.15, 0.2) is 0 Å². The maximum atomic E-state index is 8.66. The Hall–Kier alpha value is 0.190. The molecule has 5 heteroatoms. The Labute approximate surface area is 58.2 Å². The van der Waals surface area contributed by atoms with Crippen LogP contribution in [0.3, 0.4) is 0 Å². The third-order valence-corrected chi connectivity index (χ3v) is 1.19. The molecule has 56 valence electrons. The summed E-state index contributed by atoms with van der Waals surface area (Å²) in [6.45, 7) is -0.585. The molecule has 4 nitrogen and oxygen atoms in total. The van der Waals surface area contributed by atoms with Gasteiger partial charge in [0.25, 0.3) is 0 Å². The highest BCUT2D eigenvalue weighted by molar-refractivity contribution is 7.80. The molecular formula is C4H10O4S. The molecule has 1 unspecified atom stereocenters. The first-order valence-corrected chi connectivity index (χ1v) is 2.94. The number of rotatable bonds is 3. The van der Waals surface area contributed by atoms with Crippen molar-refractivity contribution in [3.63, 3.8) is 0 Å². The van der Waals surface area contributed by atoms with E-state index in [9.17, 15) is 0 Å². The highest BCUT2D eigenvalue weighted by atomic mass is 32.1. The number of hydrogen-bond donors (Lipinski definition) is 5. The predicted molar refractivity (Wildman–Crippen MR) is 34.1 cm³/mol. The van der Waals surface area contributed by atoms with Crippen LogP contribution < -0.4 is 0 Å². The average Bonchev–Trinajstić information content (AvgIpc) is 1.84. The second-order valence-corrected chi connectivity index (χ2v) is 2.18. The number of aliphatic hydroxyl groups excluding tert-OH is 4. The lowest BCUT2D eigenvalue weighted by Crippen LogP contribution is -2.36. The van der Waals surface area contributed by atoms with Crippen molar-refractivity contribution in [2.24, 2.45) is 0 Å². The van der Waals surface area contributed by atoms with Crippen LogP contribution in [0.1, 0.15) is 0 Å². The van der Waals surface area contributed by atoms with Crippen molar-refractivity contribution in [3.05, 3.63) is 0 Å². The van der Waals surface area contributed by atoms with E-state index in [1.54, 1.807) is 0 Å². The maximum Gasteiger partial charge on any atom is 0.125 e. The summed E-state index contributed by atoms with van der Waals surface area (Å²) in [5.74, 6) is 0. The predicted octanol–water partition coefficient (Wildman–Crippen LogP) is -2.05. The second-order valence-electron chi connectivity index (χ2n) is 1.65. The minimum absolute atomic E-state index is 0.585. The lowest BCUT2D eigenvalue weighted by atomic mass is 10.2. The molecule has 9 heavy (non-hydrogen) atoms. The van der Waals surface area contributed by atoms with Gasteiger partial charge in [-0.3, -0.25) is 0 Å². The van der Waals surface area contributed by atoms with Gasteiger partial charge in [0, 0.05) is 0 Å². The Morgan fingerprint density at radius 2 is 1.67 bits per heavy atom. The van der Waals surface area contributed by atoms with Gasteiger partial charge in [0.1, 0.15) is 17.6 Å². The van der Waals surface area contributed by atoms with E-state index in [2.05, 4.69) is 12.6 Å². The second kappa shape index (κ2) is 4.08. The van der Waals surface area contributed by atoms with Crippen LogP contribution in [-0.2, 0) is 0 Å². The van der Waals surface area contributed by atoms with Crippen molar-refractivity contribution in [1.82, 2.24) is 0 Å². The lowest BCUT2D eigenvalue weighted by molar-refractivity contribution is -0.0485. The molecule has 4 N–H and O–H groups in total. The number of hydrogen-bond acceptors (Lipinski definition) is 5. The molecule has 0 aliphatic carbocycles. The summed E-state index contributed by atoms with van der Waals surface area (Å²) >= 11 is 3.42. The monoisotopic (exact) mass is 154 g/mol. The summed E-state index contributed by atoms with van der Waals surface area (Å²) in [4.78, 5) is 0. The van der Waals surface area contributed by atoms with Crippen molar-refractivity contribution >= 4 is 12.6 Å². The zero-order chi connectivity index (χ0) is 7.44. The standard InChI is InChI=1S/C4H10O4S/c5-1-2(6)3(7)4(8)9/h2-9H,1H2/t2-,3+,4?/m1/s1. The normalized spacial score (nSPS) is 21.0. The molecule has 0 amide bonds. The van der Waals surface area contributed by atoms with Gasteiger partial charge in [0.2, 0.25) is 0 Å². The van der Waals surface area contributed by atoms with Crippen LogP contribution in [0.2, 0.25) is 0 Å². The van der Waals surface area contributed by atoms with E-state index < -0.39 is 24.3 Å². The van der Waals surface area contributed by atoms with Gasteiger partial charge in [-0.2, -0.15) is 0 Å². The van der Waals surface area contributed by atoms with E-state index in [4.69, 9.17) is 20.4 Å². The molecule has 0 saturated carbocycles. The molecule has 0 aliphatic heterocycles. The van der Waals surface area contributed by atoms with Crippen molar-refractivity contribution in [3.8, 4) is 0 Å². The lowest BCUT2D eigenvalue weighted by Gasteiger charge is -2.16. The molecule has 0 aromatic carbocycles. The summed E-state index contributed by atoms with van der Waals surface area (Å²) in [5.41, 5.74) is -1.31. The zero-order valence-electron chi connectivity index (χ0n) is 4.68. The summed E-state index contributed by atoms with van der Waals surface area (Å²) in [5, 5.41) is 33.9. The van der Waals surface area contributed by atoms with Crippen LogP contribution in [-0.4, -0.2) is 44.7 Å². The Balaban J connectivity index is 3.58. The SMILES string of the molecule is OC[C@@H](O)[C@H](O)C(O)S. The first-order valence-electron chi connectivity index (χ1n) is 2.42. The van der Waals surface area contributed by atoms with Gasteiger partial charge in [-0.15, -0.1) is 12.6 Å². The number of thiol groups is 1. The summed E-state index contributed by atoms with van der Waals surface area (Å²) < 4.78 is 0. The Morgan fingerprint density at radius 1 is 1.22 bits per heavy atom. The van der Waals surface area contributed by atoms with Crippen LogP contribution in [0.25, 0.3) is 0 Å². The molecule has 0 aromatic rings. The molecule has 0 bridgehead atoms. The maximum absolute atomic E-state index is 8.66. The Morgan fingerprint density at radius 3 is 1.78 bits per heavy atom. The molecule has 0 radical (unpaired) electrons. The highest BCUT2D eigenvalue weighted by Gasteiger charge is 2.20. The van der Waals surface area contributed by atoms with Gasteiger partial charge in [-0.1, -0.05) is 0 Å². The third-order valence-electron chi connectivity index (χ3n) is 0.887. The molecule has 0 fully saturated rings. The Kier molecular flexibility index (Phi) is 4.16. The van der Waals surface area contributed by atoms with Crippen molar-refractivity contribution < 1.29 is 20.4 Å². The van der Waals surface area contributed by atoms with Crippen LogP contribution in [0.4, 0.5) is 0 Å². The molecule has 3 atom stereocenters.